The summed E-state index contributed by atoms with van der Waals surface area (Å²) in [7, 11) is 1.63. The van der Waals surface area contributed by atoms with E-state index in [-0.39, 0.29) is 5.56 Å². The summed E-state index contributed by atoms with van der Waals surface area (Å²) in [4.78, 5) is 33.8. The van der Waals surface area contributed by atoms with Gasteiger partial charge in [0.25, 0.3) is 5.56 Å². The lowest BCUT2D eigenvalue weighted by atomic mass is 9.99. The number of hydrogen-bond donors (Lipinski definition) is 1. The number of fused-ring (bicyclic) bond motifs is 3. The molecule has 0 aliphatic carbocycles. The first-order valence-electron chi connectivity index (χ1n) is 9.28. The molecule has 8 nitrogen and oxygen atoms in total. The Morgan fingerprint density at radius 2 is 1.81 bits per heavy atom. The van der Waals surface area contributed by atoms with E-state index in [1.54, 1.807) is 7.05 Å². The number of H-pyrrole nitrogens is 1. The summed E-state index contributed by atoms with van der Waals surface area (Å²) in [6, 6.07) is 0. The highest BCUT2D eigenvalue weighted by molar-refractivity contribution is 5.76. The number of nitrogens with zero attached hydrogens (tertiary/aromatic N) is 5. The highest BCUT2D eigenvalue weighted by atomic mass is 16.2. The van der Waals surface area contributed by atoms with Gasteiger partial charge in [-0.1, -0.05) is 6.92 Å². The molecule has 8 heteroatoms. The quantitative estimate of drug-likeness (QED) is 0.758. The van der Waals surface area contributed by atoms with Gasteiger partial charge in [0.15, 0.2) is 11.2 Å². The molecule has 140 valence electrons. The van der Waals surface area contributed by atoms with Crippen LogP contribution in [0, 0.1) is 19.8 Å². The van der Waals surface area contributed by atoms with Crippen molar-refractivity contribution in [3.05, 3.63) is 32.2 Å². The first kappa shape index (κ1) is 17.1. The molecule has 1 saturated heterocycles. The third-order valence-corrected chi connectivity index (χ3v) is 5.92. The zero-order valence-electron chi connectivity index (χ0n) is 15.9. The second-order valence-corrected chi connectivity index (χ2v) is 7.58. The maximum Gasteiger partial charge on any atom is 0.329 e. The fourth-order valence-electron chi connectivity index (χ4n) is 3.97. The van der Waals surface area contributed by atoms with E-state index in [1.165, 1.54) is 17.4 Å². The van der Waals surface area contributed by atoms with Crippen molar-refractivity contribution in [3.8, 4) is 0 Å². The van der Waals surface area contributed by atoms with E-state index in [2.05, 4.69) is 33.3 Å². The molecule has 0 radical (unpaired) electrons. The van der Waals surface area contributed by atoms with Gasteiger partial charge >= 0.3 is 5.69 Å². The summed E-state index contributed by atoms with van der Waals surface area (Å²) in [5, 5.41) is 0. The van der Waals surface area contributed by atoms with Crippen molar-refractivity contribution in [2.75, 3.05) is 19.6 Å². The Labute approximate surface area is 151 Å². The van der Waals surface area contributed by atoms with Crippen molar-refractivity contribution in [2.45, 2.75) is 40.2 Å². The molecule has 0 atom stereocenters. The molecule has 4 heterocycles. The molecule has 4 rings (SSSR count). The fourth-order valence-corrected chi connectivity index (χ4v) is 3.97. The van der Waals surface area contributed by atoms with Crippen LogP contribution in [0.25, 0.3) is 16.9 Å². The first-order chi connectivity index (χ1) is 12.4. The Kier molecular flexibility index (Phi) is 4.02. The topological polar surface area (TPSA) is 80.3 Å². The number of imidazole rings is 2. The molecule has 1 fully saturated rings. The van der Waals surface area contributed by atoms with Crippen molar-refractivity contribution in [2.24, 2.45) is 13.0 Å². The van der Waals surface area contributed by atoms with Gasteiger partial charge in [0.05, 0.1) is 0 Å². The molecular weight excluding hydrogens is 332 g/mol. The maximum absolute atomic E-state index is 12.4. The summed E-state index contributed by atoms with van der Waals surface area (Å²) in [5.74, 6) is 1.55. The Morgan fingerprint density at radius 1 is 1.12 bits per heavy atom. The predicted octanol–water partition coefficient (Wildman–Crippen LogP) is 1.02. The standard InChI is InChI=1S/C18H26N6O2/c1-11-5-7-22(8-6-11)9-10-23-12(2)13(3)24-14-15(19-17(23)24)21(4)18(26)20-16(14)25/h11H,5-10H2,1-4H3,(H,20,25,26). The molecule has 3 aromatic rings. The van der Waals surface area contributed by atoms with Crippen LogP contribution in [-0.2, 0) is 13.6 Å². The number of aromatic nitrogens is 5. The van der Waals surface area contributed by atoms with Crippen LogP contribution in [0.5, 0.6) is 0 Å². The molecule has 1 aliphatic rings. The minimum absolute atomic E-state index is 0.388. The molecule has 1 N–H and O–H groups in total. The molecule has 0 unspecified atom stereocenters. The summed E-state index contributed by atoms with van der Waals surface area (Å²) in [5.41, 5.74) is 2.13. The van der Waals surface area contributed by atoms with E-state index in [1.807, 2.05) is 11.3 Å². The molecule has 0 saturated carbocycles. The average Bonchev–Trinajstić information content (AvgIpc) is 3.10. The Bertz CT molecular complexity index is 1090. The van der Waals surface area contributed by atoms with Crippen LogP contribution in [0.2, 0.25) is 0 Å². The van der Waals surface area contributed by atoms with Crippen LogP contribution >= 0.6 is 0 Å². The van der Waals surface area contributed by atoms with Gasteiger partial charge in [0.2, 0.25) is 5.78 Å². The minimum Gasteiger partial charge on any atom is -0.313 e. The lowest BCUT2D eigenvalue weighted by Crippen LogP contribution is -2.35. The van der Waals surface area contributed by atoms with Crippen LogP contribution in [0.3, 0.4) is 0 Å². The summed E-state index contributed by atoms with van der Waals surface area (Å²) in [6.07, 6.45) is 2.51. The van der Waals surface area contributed by atoms with Gasteiger partial charge in [-0.25, -0.2) is 4.79 Å². The summed E-state index contributed by atoms with van der Waals surface area (Å²) >= 11 is 0. The smallest absolute Gasteiger partial charge is 0.313 e. The number of rotatable bonds is 3. The van der Waals surface area contributed by atoms with Crippen molar-refractivity contribution >= 4 is 16.9 Å². The Morgan fingerprint density at radius 3 is 2.50 bits per heavy atom. The summed E-state index contributed by atoms with van der Waals surface area (Å²) in [6.45, 7) is 10.4. The van der Waals surface area contributed by atoms with Gasteiger partial charge in [-0.05, 0) is 45.7 Å². The molecule has 0 bridgehead atoms. The highest BCUT2D eigenvalue weighted by Crippen LogP contribution is 2.21. The van der Waals surface area contributed by atoms with Crippen molar-refractivity contribution in [1.82, 2.24) is 28.4 Å². The first-order valence-corrected chi connectivity index (χ1v) is 9.28. The fraction of sp³-hybridized carbons (Fsp3) is 0.611. The average molecular weight is 358 g/mol. The molecule has 0 spiro atoms. The molecule has 0 aromatic carbocycles. The van der Waals surface area contributed by atoms with Gasteiger partial charge in [-0.15, -0.1) is 0 Å². The second kappa shape index (κ2) is 6.12. The number of nitrogens with one attached hydrogen (secondary N) is 1. The predicted molar refractivity (Wildman–Crippen MR) is 101 cm³/mol. The highest BCUT2D eigenvalue weighted by Gasteiger charge is 2.21. The van der Waals surface area contributed by atoms with E-state index < -0.39 is 5.69 Å². The van der Waals surface area contributed by atoms with Crippen LogP contribution in [0.15, 0.2) is 9.59 Å². The number of likely N-dealkylation sites (tertiary alicyclic amines) is 1. The van der Waals surface area contributed by atoms with Gasteiger partial charge in [0.1, 0.15) is 0 Å². The number of aromatic amines is 1. The number of aryl methyl sites for hydroxylation is 2. The SMILES string of the molecule is Cc1c(C)n2c3c(=O)[nH]c(=O)n(C)c3nc2n1CCN1CCC(C)CC1. The third-order valence-electron chi connectivity index (χ3n) is 5.92. The van der Waals surface area contributed by atoms with Gasteiger partial charge in [-0.2, -0.15) is 4.98 Å². The maximum atomic E-state index is 12.4. The van der Waals surface area contributed by atoms with Crippen molar-refractivity contribution < 1.29 is 0 Å². The van der Waals surface area contributed by atoms with E-state index >= 15 is 0 Å². The van der Waals surface area contributed by atoms with Gasteiger partial charge in [-0.3, -0.25) is 18.7 Å². The third kappa shape index (κ3) is 2.51. The number of piperidine rings is 1. The van der Waals surface area contributed by atoms with Crippen LogP contribution in [-0.4, -0.2) is 48.0 Å². The van der Waals surface area contributed by atoms with Crippen LogP contribution in [0.1, 0.15) is 31.2 Å². The zero-order chi connectivity index (χ0) is 18.6. The minimum atomic E-state index is -0.438. The van der Waals surface area contributed by atoms with Gasteiger partial charge in [0, 0.05) is 31.5 Å². The Balaban J connectivity index is 1.78. The summed E-state index contributed by atoms with van der Waals surface area (Å²) < 4.78 is 5.44. The van der Waals surface area contributed by atoms with E-state index in [0.29, 0.717) is 11.2 Å². The monoisotopic (exact) mass is 358 g/mol. The molecule has 0 amide bonds. The lowest BCUT2D eigenvalue weighted by molar-refractivity contribution is 0.187. The molecule has 26 heavy (non-hydrogen) atoms. The van der Waals surface area contributed by atoms with E-state index in [9.17, 15) is 9.59 Å². The normalized spacial score (nSPS) is 16.9. The van der Waals surface area contributed by atoms with Crippen LogP contribution in [0.4, 0.5) is 0 Å². The Hall–Kier alpha value is -2.35. The molecular formula is C18H26N6O2. The van der Waals surface area contributed by atoms with Crippen LogP contribution < -0.4 is 11.2 Å². The van der Waals surface area contributed by atoms with Crippen molar-refractivity contribution in [3.63, 3.8) is 0 Å². The molecule has 3 aromatic heterocycles. The molecule has 1 aliphatic heterocycles. The van der Waals surface area contributed by atoms with E-state index in [0.717, 1.165) is 49.3 Å². The van der Waals surface area contributed by atoms with Gasteiger partial charge < -0.3 is 9.47 Å². The largest absolute Gasteiger partial charge is 0.329 e. The van der Waals surface area contributed by atoms with E-state index in [4.69, 9.17) is 0 Å². The second-order valence-electron chi connectivity index (χ2n) is 7.58. The lowest BCUT2D eigenvalue weighted by Gasteiger charge is -2.30. The van der Waals surface area contributed by atoms with Crippen molar-refractivity contribution in [1.29, 1.82) is 0 Å². The zero-order valence-corrected chi connectivity index (χ0v) is 15.9. The number of hydrogen-bond acceptors (Lipinski definition) is 4.